The van der Waals surface area contributed by atoms with E-state index in [1.165, 1.54) is 0 Å². The van der Waals surface area contributed by atoms with E-state index in [1.54, 1.807) is 23.0 Å². The van der Waals surface area contributed by atoms with Gasteiger partial charge in [0.1, 0.15) is 0 Å². The third-order valence-corrected chi connectivity index (χ3v) is 2.22. The van der Waals surface area contributed by atoms with Crippen molar-refractivity contribution in [3.8, 4) is 11.8 Å². The van der Waals surface area contributed by atoms with Crippen LogP contribution in [0.2, 0.25) is 0 Å². The van der Waals surface area contributed by atoms with Crippen LogP contribution in [0.25, 0.3) is 5.69 Å². The monoisotopic (exact) mass is 213 g/mol. The van der Waals surface area contributed by atoms with Gasteiger partial charge in [-0.2, -0.15) is 5.26 Å². The number of hydrogen-bond acceptors (Lipinski definition) is 4. The van der Waals surface area contributed by atoms with E-state index in [9.17, 15) is 0 Å². The van der Waals surface area contributed by atoms with Gasteiger partial charge in [-0.05, 0) is 31.3 Å². The Morgan fingerprint density at radius 3 is 2.75 bits per heavy atom. The molecule has 16 heavy (non-hydrogen) atoms. The first-order chi connectivity index (χ1) is 7.85. The quantitative estimate of drug-likeness (QED) is 0.821. The summed E-state index contributed by atoms with van der Waals surface area (Å²) >= 11 is 0. The summed E-state index contributed by atoms with van der Waals surface area (Å²) in [7, 11) is 1.87. The summed E-state index contributed by atoms with van der Waals surface area (Å²) in [5.41, 5.74) is 2.52. The molecule has 1 aromatic carbocycles. The number of hydrogen-bond donors (Lipinski definition) is 1. The van der Waals surface area contributed by atoms with Crippen molar-refractivity contribution in [2.24, 2.45) is 0 Å². The van der Waals surface area contributed by atoms with Crippen LogP contribution in [0.15, 0.2) is 30.5 Å². The van der Waals surface area contributed by atoms with E-state index < -0.39 is 0 Å². The largest absolute Gasteiger partial charge is 0.314 e. The Bertz CT molecular complexity index is 506. The van der Waals surface area contributed by atoms with Gasteiger partial charge < -0.3 is 5.32 Å². The molecule has 1 heterocycles. The maximum absolute atomic E-state index is 8.70. The summed E-state index contributed by atoms with van der Waals surface area (Å²) in [6, 6.07) is 9.32. The number of nitriles is 1. The van der Waals surface area contributed by atoms with E-state index in [-0.39, 0.29) is 0 Å². The molecule has 0 amide bonds. The molecule has 1 aromatic heterocycles. The molecular weight excluding hydrogens is 202 g/mol. The van der Waals surface area contributed by atoms with E-state index in [4.69, 9.17) is 5.26 Å². The molecule has 0 saturated carbocycles. The average molecular weight is 213 g/mol. The third kappa shape index (κ3) is 1.92. The van der Waals surface area contributed by atoms with Gasteiger partial charge in [-0.1, -0.05) is 5.21 Å². The lowest BCUT2D eigenvalue weighted by atomic mass is 10.2. The van der Waals surface area contributed by atoms with E-state index in [0.29, 0.717) is 12.1 Å². The van der Waals surface area contributed by atoms with Crippen LogP contribution < -0.4 is 5.32 Å². The lowest BCUT2D eigenvalue weighted by Crippen LogP contribution is -2.10. The minimum absolute atomic E-state index is 0.638. The molecule has 0 saturated heterocycles. The molecule has 5 heteroatoms. The van der Waals surface area contributed by atoms with Crippen molar-refractivity contribution in [1.29, 1.82) is 5.26 Å². The molecule has 0 aliphatic carbocycles. The van der Waals surface area contributed by atoms with Crippen molar-refractivity contribution in [3.05, 3.63) is 41.7 Å². The molecule has 0 spiro atoms. The summed E-state index contributed by atoms with van der Waals surface area (Å²) in [4.78, 5) is 0. The average Bonchev–Trinajstić information content (AvgIpc) is 2.78. The Morgan fingerprint density at radius 2 is 2.12 bits per heavy atom. The van der Waals surface area contributed by atoms with Crippen LogP contribution in [0.4, 0.5) is 0 Å². The maximum Gasteiger partial charge on any atom is 0.0991 e. The molecule has 1 N–H and O–H groups in total. The second-order valence-electron chi connectivity index (χ2n) is 3.33. The molecule has 2 rings (SSSR count). The molecule has 0 aliphatic rings. The highest BCUT2D eigenvalue weighted by atomic mass is 15.4. The Kier molecular flexibility index (Phi) is 2.94. The predicted molar refractivity (Wildman–Crippen MR) is 58.8 cm³/mol. The zero-order chi connectivity index (χ0) is 11.4. The standard InChI is InChI=1S/C11H11N5/c1-13-7-11-8-14-15-16(11)10-4-2-9(6-12)3-5-10/h2-5,8,13H,7H2,1H3. The van der Waals surface area contributed by atoms with Gasteiger partial charge in [-0.15, -0.1) is 5.10 Å². The fourth-order valence-electron chi connectivity index (χ4n) is 1.45. The molecule has 0 aliphatic heterocycles. The Balaban J connectivity index is 2.35. The zero-order valence-corrected chi connectivity index (χ0v) is 8.88. The Labute approximate surface area is 93.3 Å². The van der Waals surface area contributed by atoms with Crippen molar-refractivity contribution in [2.45, 2.75) is 6.54 Å². The molecule has 80 valence electrons. The summed E-state index contributed by atoms with van der Waals surface area (Å²) in [6.45, 7) is 0.701. The lowest BCUT2D eigenvalue weighted by Gasteiger charge is -2.05. The fraction of sp³-hybridized carbons (Fsp3) is 0.182. The lowest BCUT2D eigenvalue weighted by molar-refractivity contribution is 0.714. The van der Waals surface area contributed by atoms with Gasteiger partial charge in [-0.3, -0.25) is 0 Å². The number of benzene rings is 1. The normalized spacial score (nSPS) is 10.0. The van der Waals surface area contributed by atoms with Gasteiger partial charge in [0.2, 0.25) is 0 Å². The molecular formula is C11H11N5. The summed E-state index contributed by atoms with van der Waals surface area (Å²) in [5, 5.41) is 19.6. The molecule has 0 radical (unpaired) electrons. The van der Waals surface area contributed by atoms with Gasteiger partial charge in [0.05, 0.1) is 29.2 Å². The van der Waals surface area contributed by atoms with Gasteiger partial charge in [0.25, 0.3) is 0 Å². The van der Waals surface area contributed by atoms with E-state index in [2.05, 4.69) is 21.7 Å². The molecule has 0 unspecified atom stereocenters. The van der Waals surface area contributed by atoms with E-state index in [1.807, 2.05) is 19.2 Å². The van der Waals surface area contributed by atoms with Crippen LogP contribution in [-0.4, -0.2) is 22.0 Å². The number of rotatable bonds is 3. The van der Waals surface area contributed by atoms with Crippen LogP contribution in [0.5, 0.6) is 0 Å². The highest BCUT2D eigenvalue weighted by molar-refractivity contribution is 5.39. The minimum atomic E-state index is 0.638. The van der Waals surface area contributed by atoms with Crippen molar-refractivity contribution in [3.63, 3.8) is 0 Å². The third-order valence-electron chi connectivity index (χ3n) is 2.22. The Hall–Kier alpha value is -2.19. The first-order valence-electron chi connectivity index (χ1n) is 4.90. The molecule has 0 atom stereocenters. The highest BCUT2D eigenvalue weighted by Gasteiger charge is 2.04. The van der Waals surface area contributed by atoms with Crippen LogP contribution in [0.1, 0.15) is 11.3 Å². The topological polar surface area (TPSA) is 66.5 Å². The molecule has 0 fully saturated rings. The molecule has 2 aromatic rings. The van der Waals surface area contributed by atoms with Gasteiger partial charge >= 0.3 is 0 Å². The van der Waals surface area contributed by atoms with Crippen molar-refractivity contribution in [2.75, 3.05) is 7.05 Å². The zero-order valence-electron chi connectivity index (χ0n) is 8.88. The Morgan fingerprint density at radius 1 is 1.38 bits per heavy atom. The first-order valence-corrected chi connectivity index (χ1v) is 4.90. The molecule has 0 bridgehead atoms. The van der Waals surface area contributed by atoms with Crippen LogP contribution in [-0.2, 0) is 6.54 Å². The highest BCUT2D eigenvalue weighted by Crippen LogP contribution is 2.10. The second-order valence-corrected chi connectivity index (χ2v) is 3.33. The van der Waals surface area contributed by atoms with Crippen LogP contribution in [0, 0.1) is 11.3 Å². The van der Waals surface area contributed by atoms with Crippen molar-refractivity contribution in [1.82, 2.24) is 20.3 Å². The van der Waals surface area contributed by atoms with Gasteiger partial charge in [0.15, 0.2) is 0 Å². The second kappa shape index (κ2) is 4.55. The first kappa shape index (κ1) is 10.3. The van der Waals surface area contributed by atoms with Crippen LogP contribution >= 0.6 is 0 Å². The van der Waals surface area contributed by atoms with Crippen LogP contribution in [0.3, 0.4) is 0 Å². The summed E-state index contributed by atoms with van der Waals surface area (Å²) in [6.07, 6.45) is 1.72. The number of nitrogens with one attached hydrogen (secondary N) is 1. The SMILES string of the molecule is CNCc1cnnn1-c1ccc(C#N)cc1. The van der Waals surface area contributed by atoms with E-state index in [0.717, 1.165) is 11.4 Å². The smallest absolute Gasteiger partial charge is 0.0991 e. The predicted octanol–water partition coefficient (Wildman–Crippen LogP) is 0.858. The molecule has 5 nitrogen and oxygen atoms in total. The maximum atomic E-state index is 8.70. The van der Waals surface area contributed by atoms with Crippen molar-refractivity contribution < 1.29 is 0 Å². The minimum Gasteiger partial charge on any atom is -0.314 e. The van der Waals surface area contributed by atoms with E-state index >= 15 is 0 Å². The fourth-order valence-corrected chi connectivity index (χ4v) is 1.45. The van der Waals surface area contributed by atoms with Gasteiger partial charge in [0, 0.05) is 6.54 Å². The summed E-state index contributed by atoms with van der Waals surface area (Å²) < 4.78 is 1.75. The van der Waals surface area contributed by atoms with Crippen molar-refractivity contribution >= 4 is 0 Å². The number of aromatic nitrogens is 3. The summed E-state index contributed by atoms with van der Waals surface area (Å²) in [5.74, 6) is 0. The van der Waals surface area contributed by atoms with Gasteiger partial charge in [-0.25, -0.2) is 4.68 Å². The number of nitrogens with zero attached hydrogens (tertiary/aromatic N) is 4.